The number of aliphatic imine (C=N–C) groups is 2. The van der Waals surface area contributed by atoms with Gasteiger partial charge >= 0.3 is 0 Å². The van der Waals surface area contributed by atoms with Crippen molar-refractivity contribution in [3.63, 3.8) is 0 Å². The summed E-state index contributed by atoms with van der Waals surface area (Å²) in [6, 6.07) is 36.2. The minimum atomic E-state index is -0.483. The molecule has 5 nitrogen and oxygen atoms in total. The summed E-state index contributed by atoms with van der Waals surface area (Å²) in [7, 11) is 0. The van der Waals surface area contributed by atoms with Crippen molar-refractivity contribution in [2.75, 3.05) is 0 Å². The van der Waals surface area contributed by atoms with Gasteiger partial charge in [-0.25, -0.2) is 9.98 Å². The van der Waals surface area contributed by atoms with Crippen LogP contribution in [0.3, 0.4) is 0 Å². The molecular weight excluding hydrogens is 506 g/mol. The first-order chi connectivity index (χ1) is 19.2. The number of hydrogen-bond donors (Lipinski definition) is 1. The Labute approximate surface area is 228 Å². The van der Waals surface area contributed by atoms with Crippen molar-refractivity contribution in [1.82, 2.24) is 5.32 Å². The Morgan fingerprint density at radius 1 is 0.564 bits per heavy atom. The van der Waals surface area contributed by atoms with Crippen LogP contribution in [0.25, 0.3) is 43.9 Å². The molecule has 1 atom stereocenters. The number of amidine groups is 2. The Morgan fingerprint density at radius 2 is 1.26 bits per heavy atom. The fourth-order valence-corrected chi connectivity index (χ4v) is 5.56. The Hall–Kier alpha value is -4.87. The molecule has 0 spiro atoms. The Kier molecular flexibility index (Phi) is 4.87. The zero-order valence-electron chi connectivity index (χ0n) is 20.6. The predicted molar refractivity (Wildman–Crippen MR) is 158 cm³/mol. The van der Waals surface area contributed by atoms with Crippen molar-refractivity contribution in [3.05, 3.63) is 131 Å². The summed E-state index contributed by atoms with van der Waals surface area (Å²) < 4.78 is 12.3. The summed E-state index contributed by atoms with van der Waals surface area (Å²) in [5.41, 5.74) is 6.07. The van der Waals surface area contributed by atoms with Gasteiger partial charge in [0.15, 0.2) is 6.17 Å². The van der Waals surface area contributed by atoms with Gasteiger partial charge in [0.05, 0.1) is 0 Å². The molecule has 5 aromatic carbocycles. The number of benzene rings is 5. The molecule has 0 amide bonds. The summed E-state index contributed by atoms with van der Waals surface area (Å²) in [5.74, 6) is 1.48. The van der Waals surface area contributed by atoms with Crippen LogP contribution in [-0.2, 0) is 0 Å². The van der Waals surface area contributed by atoms with E-state index in [4.69, 9.17) is 30.4 Å². The smallest absolute Gasteiger partial charge is 0.170 e. The topological polar surface area (TPSA) is 63.0 Å². The van der Waals surface area contributed by atoms with E-state index in [2.05, 4.69) is 29.6 Å². The van der Waals surface area contributed by atoms with E-state index in [9.17, 15) is 0 Å². The maximum Gasteiger partial charge on any atom is 0.170 e. The molecule has 8 rings (SSSR count). The Morgan fingerprint density at radius 3 is 2.15 bits per heavy atom. The van der Waals surface area contributed by atoms with Gasteiger partial charge in [-0.1, -0.05) is 78.3 Å². The second-order valence-electron chi connectivity index (χ2n) is 9.59. The van der Waals surface area contributed by atoms with Crippen LogP contribution in [0.5, 0.6) is 0 Å². The second kappa shape index (κ2) is 8.58. The van der Waals surface area contributed by atoms with Crippen molar-refractivity contribution in [3.8, 4) is 0 Å². The molecule has 0 bridgehead atoms. The molecule has 0 saturated carbocycles. The first kappa shape index (κ1) is 22.1. The Bertz CT molecular complexity index is 2120. The number of fused-ring (bicyclic) bond motifs is 6. The van der Waals surface area contributed by atoms with Crippen molar-refractivity contribution in [2.45, 2.75) is 6.17 Å². The number of rotatable bonds is 3. The van der Waals surface area contributed by atoms with Gasteiger partial charge < -0.3 is 14.2 Å². The summed E-state index contributed by atoms with van der Waals surface area (Å²) in [6.07, 6.45) is -0.483. The molecule has 186 valence electrons. The van der Waals surface area contributed by atoms with Crippen LogP contribution in [0.15, 0.2) is 128 Å². The first-order valence-electron chi connectivity index (χ1n) is 12.7. The molecule has 0 saturated heterocycles. The number of nitrogens with zero attached hydrogens (tertiary/aromatic N) is 2. The highest BCUT2D eigenvalue weighted by molar-refractivity contribution is 6.31. The van der Waals surface area contributed by atoms with Gasteiger partial charge in [0.25, 0.3) is 0 Å². The van der Waals surface area contributed by atoms with Crippen molar-refractivity contribution in [2.24, 2.45) is 9.98 Å². The van der Waals surface area contributed by atoms with E-state index in [1.807, 2.05) is 84.9 Å². The normalized spacial score (nSPS) is 15.6. The van der Waals surface area contributed by atoms with Crippen LogP contribution in [0.4, 0.5) is 0 Å². The van der Waals surface area contributed by atoms with Crippen LogP contribution in [0, 0.1) is 0 Å². The van der Waals surface area contributed by atoms with Crippen LogP contribution in [0.2, 0.25) is 5.02 Å². The molecule has 1 aliphatic rings. The van der Waals surface area contributed by atoms with Gasteiger partial charge in [-0.15, -0.1) is 0 Å². The molecular formula is C33H20ClN3O2. The highest BCUT2D eigenvalue weighted by Crippen LogP contribution is 2.38. The van der Waals surface area contributed by atoms with Crippen molar-refractivity contribution < 1.29 is 8.83 Å². The zero-order chi connectivity index (χ0) is 25.9. The highest BCUT2D eigenvalue weighted by atomic mass is 35.5. The first-order valence-corrected chi connectivity index (χ1v) is 13.1. The number of para-hydroxylation sites is 1. The van der Waals surface area contributed by atoms with Gasteiger partial charge in [-0.2, -0.15) is 0 Å². The minimum absolute atomic E-state index is 0.483. The Balaban J connectivity index is 1.32. The van der Waals surface area contributed by atoms with Gasteiger partial charge in [-0.3, -0.25) is 0 Å². The van der Waals surface area contributed by atoms with Gasteiger partial charge in [0.2, 0.25) is 0 Å². The molecule has 0 radical (unpaired) electrons. The third-order valence-electron chi connectivity index (χ3n) is 7.21. The van der Waals surface area contributed by atoms with Crippen LogP contribution >= 0.6 is 11.6 Å². The van der Waals surface area contributed by atoms with E-state index in [1.54, 1.807) is 0 Å². The molecule has 1 unspecified atom stereocenters. The van der Waals surface area contributed by atoms with E-state index >= 15 is 0 Å². The maximum atomic E-state index is 6.26. The molecule has 6 heteroatoms. The molecule has 0 fully saturated rings. The van der Waals surface area contributed by atoms with E-state index in [0.29, 0.717) is 5.02 Å². The highest BCUT2D eigenvalue weighted by Gasteiger charge is 2.24. The molecule has 0 aliphatic carbocycles. The van der Waals surface area contributed by atoms with Crippen LogP contribution < -0.4 is 5.32 Å². The van der Waals surface area contributed by atoms with Crippen LogP contribution in [0.1, 0.15) is 22.9 Å². The molecule has 7 aromatic rings. The average Bonchev–Trinajstić information content (AvgIpc) is 3.54. The van der Waals surface area contributed by atoms with E-state index in [0.717, 1.165) is 72.2 Å². The van der Waals surface area contributed by atoms with E-state index < -0.39 is 6.17 Å². The summed E-state index contributed by atoms with van der Waals surface area (Å²) in [4.78, 5) is 10.2. The fourth-order valence-electron chi connectivity index (χ4n) is 5.39. The third-order valence-corrected chi connectivity index (χ3v) is 7.44. The van der Waals surface area contributed by atoms with Crippen molar-refractivity contribution >= 4 is 67.1 Å². The number of hydrogen-bond acceptors (Lipinski definition) is 5. The largest absolute Gasteiger partial charge is 0.456 e. The lowest BCUT2D eigenvalue weighted by atomic mass is 10.0. The lowest BCUT2D eigenvalue weighted by molar-refractivity contribution is 0.667. The van der Waals surface area contributed by atoms with Crippen molar-refractivity contribution in [1.29, 1.82) is 0 Å². The fraction of sp³-hybridized carbons (Fsp3) is 0.0303. The second-order valence-corrected chi connectivity index (χ2v) is 10.0. The number of halogens is 1. The van der Waals surface area contributed by atoms with Gasteiger partial charge in [0, 0.05) is 49.3 Å². The molecule has 1 N–H and O–H groups in total. The lowest BCUT2D eigenvalue weighted by Gasteiger charge is -2.22. The quantitative estimate of drug-likeness (QED) is 0.251. The van der Waals surface area contributed by atoms with Gasteiger partial charge in [0.1, 0.15) is 34.0 Å². The maximum absolute atomic E-state index is 6.26. The SMILES string of the molecule is Clc1ccc2c(c1)oc1cccc(C3N=C(c4ccccc4)NC(c4ccc5c(c4)oc4ccccc45)=N3)c12. The summed E-state index contributed by atoms with van der Waals surface area (Å²) >= 11 is 6.26. The zero-order valence-corrected chi connectivity index (χ0v) is 21.3. The average molecular weight is 526 g/mol. The molecule has 39 heavy (non-hydrogen) atoms. The van der Waals surface area contributed by atoms with Gasteiger partial charge in [-0.05, 0) is 36.4 Å². The van der Waals surface area contributed by atoms with Crippen LogP contribution in [-0.4, -0.2) is 11.7 Å². The minimum Gasteiger partial charge on any atom is -0.456 e. The van der Waals surface area contributed by atoms with E-state index in [-0.39, 0.29) is 0 Å². The number of nitrogens with one attached hydrogen (secondary N) is 1. The standard InChI is InChI=1S/C33H20ClN3O2/c34-21-14-16-24-29(18-21)39-27-12-6-10-25(30(24)27)33-36-31(19-7-2-1-3-8-19)35-32(37-33)20-13-15-23-22-9-4-5-11-26(22)38-28(23)17-20/h1-18,33H,(H,35,36,37). The van der Waals surface area contributed by atoms with E-state index in [1.165, 1.54) is 0 Å². The third kappa shape index (κ3) is 3.62. The monoisotopic (exact) mass is 525 g/mol. The molecule has 1 aliphatic heterocycles. The molecule has 3 heterocycles. The summed E-state index contributed by atoms with van der Waals surface area (Å²) in [5, 5.41) is 8.27. The predicted octanol–water partition coefficient (Wildman–Crippen LogP) is 8.63. The number of furan rings is 2. The lowest BCUT2D eigenvalue weighted by Crippen LogP contribution is -2.36. The molecule has 2 aromatic heterocycles. The summed E-state index contributed by atoms with van der Waals surface area (Å²) in [6.45, 7) is 0.